The minimum Gasteiger partial charge on any atom is -0.772 e. The summed E-state index contributed by atoms with van der Waals surface area (Å²) in [5.74, 6) is -0.0903. The SMILES string of the molecule is [CH2+]C([CH2+])([CH2-])CS(=O)[O-]. The zero-order valence-corrected chi connectivity index (χ0v) is 5.37. The van der Waals surface area contributed by atoms with Gasteiger partial charge in [-0.1, -0.05) is 0 Å². The molecule has 0 aromatic heterocycles. The van der Waals surface area contributed by atoms with Crippen LogP contribution < -0.4 is 0 Å². The van der Waals surface area contributed by atoms with Crippen molar-refractivity contribution in [1.82, 2.24) is 0 Å². The fraction of sp³-hybridized carbons (Fsp3) is 0.400. The van der Waals surface area contributed by atoms with Crippen LogP contribution >= 0.6 is 0 Å². The van der Waals surface area contributed by atoms with Crippen molar-refractivity contribution in [3.8, 4) is 0 Å². The predicted octanol–water partition coefficient (Wildman–Crippen LogP) is 0.354. The van der Waals surface area contributed by atoms with Crippen molar-refractivity contribution in [1.29, 1.82) is 0 Å². The van der Waals surface area contributed by atoms with Crippen LogP contribution in [-0.2, 0) is 11.1 Å². The molecule has 0 amide bonds. The molecule has 0 saturated heterocycles. The van der Waals surface area contributed by atoms with Gasteiger partial charge in [0.05, 0.1) is 19.6 Å². The number of rotatable bonds is 2. The van der Waals surface area contributed by atoms with Crippen molar-refractivity contribution >= 4 is 11.1 Å². The molecule has 0 N–H and O–H groups in total. The maximum absolute atomic E-state index is 9.89. The maximum Gasteiger partial charge on any atom is 0.128 e. The summed E-state index contributed by atoms with van der Waals surface area (Å²) in [5, 5.41) is 0. The molecule has 0 spiro atoms. The first-order chi connectivity index (χ1) is 3.42. The van der Waals surface area contributed by atoms with Gasteiger partial charge in [-0.15, -0.1) is 0 Å². The minimum atomic E-state index is -2.07. The van der Waals surface area contributed by atoms with Crippen LogP contribution in [0.15, 0.2) is 0 Å². The van der Waals surface area contributed by atoms with Gasteiger partial charge in [0.1, 0.15) is 5.41 Å². The van der Waals surface area contributed by atoms with Crippen LogP contribution in [0.5, 0.6) is 0 Å². The van der Waals surface area contributed by atoms with E-state index < -0.39 is 16.5 Å². The molecule has 0 aromatic rings. The van der Waals surface area contributed by atoms with Crippen molar-refractivity contribution in [2.45, 2.75) is 0 Å². The van der Waals surface area contributed by atoms with Crippen LogP contribution in [0.1, 0.15) is 0 Å². The molecule has 3 heteroatoms. The monoisotopic (exact) mass is 132 g/mol. The Morgan fingerprint density at radius 1 is 1.75 bits per heavy atom. The highest BCUT2D eigenvalue weighted by atomic mass is 32.2. The first-order valence-corrected chi connectivity index (χ1v) is 3.28. The van der Waals surface area contributed by atoms with Gasteiger partial charge in [-0.3, -0.25) is 4.21 Å². The van der Waals surface area contributed by atoms with E-state index >= 15 is 0 Å². The summed E-state index contributed by atoms with van der Waals surface area (Å²) in [6.07, 6.45) is 0. The second-order valence-corrected chi connectivity index (χ2v) is 2.84. The molecule has 0 rings (SSSR count). The van der Waals surface area contributed by atoms with Crippen molar-refractivity contribution in [2.24, 2.45) is 5.41 Å². The second kappa shape index (κ2) is 2.42. The fourth-order valence-corrected chi connectivity index (χ4v) is 0.750. The fourth-order valence-electron chi connectivity index (χ4n) is 0.250. The minimum absolute atomic E-state index is 0.0903. The Morgan fingerprint density at radius 2 is 2.12 bits per heavy atom. The van der Waals surface area contributed by atoms with Gasteiger partial charge in [0.2, 0.25) is 0 Å². The smallest absolute Gasteiger partial charge is 0.128 e. The van der Waals surface area contributed by atoms with Gasteiger partial charge in [0.25, 0.3) is 0 Å². The van der Waals surface area contributed by atoms with Gasteiger partial charge >= 0.3 is 0 Å². The van der Waals surface area contributed by atoms with E-state index in [9.17, 15) is 8.76 Å². The van der Waals surface area contributed by atoms with Gasteiger partial charge in [0, 0.05) is 0 Å². The van der Waals surface area contributed by atoms with Gasteiger partial charge in [-0.25, -0.2) is 6.92 Å². The van der Waals surface area contributed by atoms with Crippen LogP contribution in [0.2, 0.25) is 0 Å². The first-order valence-electron chi connectivity index (χ1n) is 2.04. The molecule has 1 atom stereocenters. The maximum atomic E-state index is 9.89. The third-order valence-electron chi connectivity index (χ3n) is 0.424. The van der Waals surface area contributed by atoms with E-state index in [1.54, 1.807) is 0 Å². The summed E-state index contributed by atoms with van der Waals surface area (Å²) >= 11 is -2.07. The van der Waals surface area contributed by atoms with Gasteiger partial charge < -0.3 is 4.55 Å². The van der Waals surface area contributed by atoms with Crippen LogP contribution in [0.25, 0.3) is 0 Å². The Balaban J connectivity index is 3.55. The topological polar surface area (TPSA) is 40.1 Å². The lowest BCUT2D eigenvalue weighted by atomic mass is 10.0. The molecule has 0 heterocycles. The van der Waals surface area contributed by atoms with Crippen molar-refractivity contribution in [3.05, 3.63) is 20.8 Å². The van der Waals surface area contributed by atoms with E-state index in [4.69, 9.17) is 0 Å². The Kier molecular flexibility index (Phi) is 2.37. The van der Waals surface area contributed by atoms with Crippen molar-refractivity contribution in [3.63, 3.8) is 0 Å². The van der Waals surface area contributed by atoms with E-state index in [0.29, 0.717) is 0 Å². The first kappa shape index (κ1) is 7.85. The molecule has 0 aliphatic rings. The highest BCUT2D eigenvalue weighted by molar-refractivity contribution is 7.79. The van der Waals surface area contributed by atoms with Gasteiger partial charge in [-0.05, 0) is 11.1 Å². The summed E-state index contributed by atoms with van der Waals surface area (Å²) < 4.78 is 19.8. The van der Waals surface area contributed by atoms with Gasteiger partial charge in [-0.2, -0.15) is 0 Å². The van der Waals surface area contributed by atoms with E-state index in [2.05, 4.69) is 20.8 Å². The molecule has 0 bridgehead atoms. The van der Waals surface area contributed by atoms with Crippen LogP contribution in [0.3, 0.4) is 0 Å². The normalized spacial score (nSPS) is 15.8. The number of hydrogen-bond donors (Lipinski definition) is 0. The Bertz CT molecular complexity index is 93.1. The standard InChI is InChI=1S/C5H8O2S/c1-5(2,3)4-8(6)7/h1-4H2. The molecule has 0 radical (unpaired) electrons. The van der Waals surface area contributed by atoms with Crippen LogP contribution in [0, 0.1) is 26.2 Å². The molecular weight excluding hydrogens is 124 g/mol. The zero-order chi connectivity index (χ0) is 6.78. The summed E-state index contributed by atoms with van der Waals surface area (Å²) in [7, 11) is 0. The van der Waals surface area contributed by atoms with E-state index in [0.717, 1.165) is 0 Å². The molecule has 0 aromatic carbocycles. The molecule has 8 heavy (non-hydrogen) atoms. The third-order valence-corrected chi connectivity index (χ3v) is 1.27. The summed E-state index contributed by atoms with van der Waals surface area (Å²) in [4.78, 5) is 0. The molecule has 0 aliphatic carbocycles. The molecular formula is C5H8O2S. The highest BCUT2D eigenvalue weighted by Crippen LogP contribution is 2.10. The third kappa shape index (κ3) is 5.85. The van der Waals surface area contributed by atoms with Crippen molar-refractivity contribution < 1.29 is 8.76 Å². The Morgan fingerprint density at radius 3 is 2.12 bits per heavy atom. The van der Waals surface area contributed by atoms with Gasteiger partial charge in [0.15, 0.2) is 0 Å². The molecule has 0 fully saturated rings. The summed E-state index contributed by atoms with van der Waals surface area (Å²) in [6, 6.07) is 0. The molecule has 1 unspecified atom stereocenters. The van der Waals surface area contributed by atoms with Crippen LogP contribution in [-0.4, -0.2) is 14.5 Å². The zero-order valence-electron chi connectivity index (χ0n) is 4.55. The average Bonchev–Trinajstić information content (AvgIpc) is 1.21. The Hall–Kier alpha value is -0.150. The summed E-state index contributed by atoms with van der Waals surface area (Å²) in [6.45, 7) is 10.2. The van der Waals surface area contributed by atoms with E-state index in [1.165, 1.54) is 0 Å². The number of hydrogen-bond acceptors (Lipinski definition) is 2. The molecule has 2 nitrogen and oxygen atoms in total. The lowest BCUT2D eigenvalue weighted by Crippen LogP contribution is -2.16. The Labute approximate surface area is 52.6 Å². The molecule has 0 aliphatic heterocycles. The molecule has 46 valence electrons. The molecule has 0 saturated carbocycles. The second-order valence-electron chi connectivity index (χ2n) is 1.95. The predicted molar refractivity (Wildman–Crippen MR) is 32.3 cm³/mol. The quantitative estimate of drug-likeness (QED) is 0.402. The average molecular weight is 132 g/mol. The van der Waals surface area contributed by atoms with E-state index in [1.807, 2.05) is 0 Å². The van der Waals surface area contributed by atoms with Crippen molar-refractivity contribution in [2.75, 3.05) is 5.75 Å². The largest absolute Gasteiger partial charge is 0.772 e. The van der Waals surface area contributed by atoms with E-state index in [-0.39, 0.29) is 5.75 Å². The highest BCUT2D eigenvalue weighted by Gasteiger charge is 2.17. The lowest BCUT2D eigenvalue weighted by Gasteiger charge is -2.12. The van der Waals surface area contributed by atoms with Crippen LogP contribution in [0.4, 0.5) is 0 Å². The lowest BCUT2D eigenvalue weighted by molar-refractivity contribution is 0.522. The summed E-state index contributed by atoms with van der Waals surface area (Å²) in [5.41, 5.74) is -0.841.